The van der Waals surface area contributed by atoms with Gasteiger partial charge >= 0.3 is 0 Å². The molecule has 2 atom stereocenters. The summed E-state index contributed by atoms with van der Waals surface area (Å²) in [6, 6.07) is 29.6. The molecular weight excluding hydrogens is 993 g/mol. The van der Waals surface area contributed by atoms with E-state index >= 15 is 0 Å². The molecule has 0 aliphatic rings. The third-order valence-electron chi connectivity index (χ3n) is 18.8. The van der Waals surface area contributed by atoms with Gasteiger partial charge in [-0.05, 0) is 69.6 Å². The van der Waals surface area contributed by atoms with Crippen molar-refractivity contribution in [1.82, 2.24) is 0 Å². The van der Waals surface area contributed by atoms with Gasteiger partial charge in [0.25, 0.3) is 0 Å². The van der Waals surface area contributed by atoms with Crippen LogP contribution in [-0.2, 0) is 39.3 Å². The van der Waals surface area contributed by atoms with Gasteiger partial charge in [0.1, 0.15) is 39.3 Å². The van der Waals surface area contributed by atoms with Crippen molar-refractivity contribution in [2.24, 2.45) is 0 Å². The van der Waals surface area contributed by atoms with Gasteiger partial charge in [-0.25, -0.2) is 0 Å². The predicted octanol–water partition coefficient (Wildman–Crippen LogP) is 22.8. The van der Waals surface area contributed by atoms with E-state index in [0.717, 1.165) is 57.2 Å². The smallest absolute Gasteiger partial charge is 0.104 e. The molecule has 0 saturated heterocycles. The summed E-state index contributed by atoms with van der Waals surface area (Å²) in [7, 11) is 15.1. The second kappa shape index (κ2) is 45.8. The third-order valence-corrected chi connectivity index (χ3v) is 18.8. The van der Waals surface area contributed by atoms with Crippen LogP contribution in [0.4, 0.5) is 0 Å². The molecular formula is C78H142N4+4. The van der Waals surface area contributed by atoms with E-state index in [2.05, 4.69) is 143 Å². The van der Waals surface area contributed by atoms with E-state index in [0.29, 0.717) is 0 Å². The number of rotatable bonds is 56. The first-order valence-corrected chi connectivity index (χ1v) is 36.3. The van der Waals surface area contributed by atoms with Crippen LogP contribution in [0, 0.1) is 0 Å². The summed E-state index contributed by atoms with van der Waals surface area (Å²) < 4.78 is 4.31. The minimum atomic E-state index is 1.08. The van der Waals surface area contributed by atoms with E-state index in [1.165, 1.54) is 316 Å². The Kier molecular flexibility index (Phi) is 41.2. The number of benzene rings is 3. The molecule has 82 heavy (non-hydrogen) atoms. The van der Waals surface area contributed by atoms with Crippen molar-refractivity contribution in [3.05, 3.63) is 106 Å². The lowest BCUT2D eigenvalue weighted by Gasteiger charge is -2.37. The van der Waals surface area contributed by atoms with Crippen LogP contribution in [0.1, 0.15) is 318 Å². The van der Waals surface area contributed by atoms with Gasteiger partial charge in [0.15, 0.2) is 0 Å². The number of hydrogen-bond donors (Lipinski definition) is 0. The summed E-state index contributed by atoms with van der Waals surface area (Å²) in [5.74, 6) is 0. The standard InChI is InChI=1S/C78H142N4/c1-11-15-19-23-27-31-35-39-43-47-60-79(5,6)67-73-54-51-56-75(64-73)69-81(9,62-49-45-41-37-33-29-25-21-17-13-3)71-77-58-53-59-78(66-77)72-82(10,63-50-46-42-38-34-30-26-22-18-14-4)70-76-57-52-55-74(65-76)68-80(7,8)61-48-44-40-36-32-28-24-20-16-12-2/h51-59,64-66H,11-50,60-63,67-72H2,1-10H3/q+4. The minimum Gasteiger partial charge on any atom is -0.325 e. The molecule has 0 radical (unpaired) electrons. The molecule has 0 aliphatic carbocycles. The van der Waals surface area contributed by atoms with Gasteiger partial charge in [-0.3, -0.25) is 0 Å². The summed E-state index contributed by atoms with van der Waals surface area (Å²) in [5.41, 5.74) is 9.11. The maximum atomic E-state index is 2.64. The highest BCUT2D eigenvalue weighted by atomic mass is 15.3. The van der Waals surface area contributed by atoms with E-state index in [1.807, 2.05) is 0 Å². The third kappa shape index (κ3) is 37.8. The van der Waals surface area contributed by atoms with Gasteiger partial charge in [0.05, 0.1) is 68.5 Å². The van der Waals surface area contributed by atoms with Crippen molar-refractivity contribution in [3.8, 4) is 0 Å². The molecule has 0 spiro atoms. The Morgan fingerprint density at radius 1 is 0.207 bits per heavy atom. The van der Waals surface area contributed by atoms with E-state index in [-0.39, 0.29) is 0 Å². The second-order valence-electron chi connectivity index (χ2n) is 29.1. The highest BCUT2D eigenvalue weighted by molar-refractivity contribution is 5.25. The van der Waals surface area contributed by atoms with Crippen LogP contribution in [0.15, 0.2) is 72.8 Å². The summed E-state index contributed by atoms with van der Waals surface area (Å²) >= 11 is 0. The van der Waals surface area contributed by atoms with Gasteiger partial charge < -0.3 is 17.9 Å². The van der Waals surface area contributed by atoms with Crippen LogP contribution in [0.3, 0.4) is 0 Å². The fraction of sp³-hybridized carbons (Fsp3) is 0.769. The maximum Gasteiger partial charge on any atom is 0.104 e. The lowest BCUT2D eigenvalue weighted by Crippen LogP contribution is -2.44. The Bertz CT molecular complexity index is 1820. The van der Waals surface area contributed by atoms with E-state index < -0.39 is 0 Å². The molecule has 0 heterocycles. The minimum absolute atomic E-state index is 1.08. The molecule has 470 valence electrons. The fourth-order valence-electron chi connectivity index (χ4n) is 13.8. The van der Waals surface area contributed by atoms with Gasteiger partial charge in [-0.2, -0.15) is 0 Å². The van der Waals surface area contributed by atoms with Gasteiger partial charge in [0.2, 0.25) is 0 Å². The quantitative estimate of drug-likeness (QED) is 0.0390. The molecule has 0 saturated carbocycles. The zero-order valence-corrected chi connectivity index (χ0v) is 57.1. The molecule has 0 amide bonds. The molecule has 3 aromatic rings. The van der Waals surface area contributed by atoms with Gasteiger partial charge in [0, 0.05) is 33.4 Å². The monoisotopic (exact) mass is 1140 g/mol. The molecule has 0 fully saturated rings. The fourth-order valence-corrected chi connectivity index (χ4v) is 13.8. The number of unbranched alkanes of at least 4 members (excludes halogenated alkanes) is 36. The van der Waals surface area contributed by atoms with Gasteiger partial charge in [-0.15, -0.1) is 0 Å². The van der Waals surface area contributed by atoms with Crippen LogP contribution in [-0.4, -0.2) is 86.4 Å². The molecule has 4 nitrogen and oxygen atoms in total. The average Bonchev–Trinajstić information content (AvgIpc) is 3.49. The summed E-state index contributed by atoms with van der Waals surface area (Å²) in [4.78, 5) is 0. The molecule has 0 aromatic heterocycles. The largest absolute Gasteiger partial charge is 0.325 e. The molecule has 4 heteroatoms. The van der Waals surface area contributed by atoms with Crippen LogP contribution in [0.2, 0.25) is 0 Å². The number of hydrogen-bond acceptors (Lipinski definition) is 0. The molecule has 0 N–H and O–H groups in total. The normalized spacial score (nSPS) is 13.7. The first-order valence-electron chi connectivity index (χ1n) is 36.3. The highest BCUT2D eigenvalue weighted by Crippen LogP contribution is 2.27. The molecule has 0 aliphatic heterocycles. The first kappa shape index (κ1) is 73.8. The van der Waals surface area contributed by atoms with Crippen molar-refractivity contribution in [2.45, 2.75) is 324 Å². The SMILES string of the molecule is CCCCCCCCCCCC[N+](C)(C)Cc1cccc(C[N+](C)(CCCCCCCCCCCC)Cc2cccc(C[N+](C)(CCCCCCCCCCCC)Cc3cccc(C[N+](C)(C)CCCCCCCCCCCC)c3)c2)c1. The van der Waals surface area contributed by atoms with E-state index in [1.54, 1.807) is 0 Å². The van der Waals surface area contributed by atoms with Gasteiger partial charge in [-0.1, -0.05) is 288 Å². The van der Waals surface area contributed by atoms with Crippen molar-refractivity contribution in [3.63, 3.8) is 0 Å². The summed E-state index contributed by atoms with van der Waals surface area (Å²) in [6.45, 7) is 20.9. The lowest BCUT2D eigenvalue weighted by molar-refractivity contribution is -0.936. The number of quaternary nitrogens is 4. The molecule has 0 bridgehead atoms. The lowest BCUT2D eigenvalue weighted by atomic mass is 10.0. The topological polar surface area (TPSA) is 0 Å². The predicted molar refractivity (Wildman–Crippen MR) is 365 cm³/mol. The summed E-state index contributed by atoms with van der Waals surface area (Å²) in [6.07, 6.45) is 56.0. The maximum absolute atomic E-state index is 2.64. The van der Waals surface area contributed by atoms with Crippen molar-refractivity contribution in [2.75, 3.05) is 68.5 Å². The van der Waals surface area contributed by atoms with Crippen molar-refractivity contribution in [1.29, 1.82) is 0 Å². The Balaban J connectivity index is 1.75. The second-order valence-corrected chi connectivity index (χ2v) is 29.1. The molecule has 3 aromatic carbocycles. The number of nitrogens with zero attached hydrogens (tertiary/aromatic N) is 4. The van der Waals surface area contributed by atoms with Crippen LogP contribution < -0.4 is 0 Å². The average molecular weight is 1140 g/mol. The zero-order valence-electron chi connectivity index (χ0n) is 57.1. The molecule has 3 rings (SSSR count). The Labute approximate surface area is 513 Å². The molecule has 2 unspecified atom stereocenters. The van der Waals surface area contributed by atoms with Crippen molar-refractivity contribution >= 4 is 0 Å². The van der Waals surface area contributed by atoms with Crippen molar-refractivity contribution < 1.29 is 17.9 Å². The Morgan fingerprint density at radius 3 is 0.585 bits per heavy atom. The Hall–Kier alpha value is -2.50. The van der Waals surface area contributed by atoms with Crippen LogP contribution in [0.25, 0.3) is 0 Å². The van der Waals surface area contributed by atoms with E-state index in [4.69, 9.17) is 0 Å². The highest BCUT2D eigenvalue weighted by Gasteiger charge is 2.27. The Morgan fingerprint density at radius 2 is 0.378 bits per heavy atom. The summed E-state index contributed by atoms with van der Waals surface area (Å²) in [5, 5.41) is 0. The van der Waals surface area contributed by atoms with Crippen LogP contribution >= 0.6 is 0 Å². The first-order chi connectivity index (χ1) is 39.7. The zero-order chi connectivity index (χ0) is 59.3. The van der Waals surface area contributed by atoms with E-state index in [9.17, 15) is 0 Å². The van der Waals surface area contributed by atoms with Crippen LogP contribution in [0.5, 0.6) is 0 Å².